The predicted molar refractivity (Wildman–Crippen MR) is 72.8 cm³/mol. The molecule has 0 saturated carbocycles. The minimum Gasteiger partial charge on any atom is -0.481 e. The fourth-order valence-electron chi connectivity index (χ4n) is 1.53. The number of thioether (sulfide) groups is 1. The molecule has 1 atom stereocenters. The van der Waals surface area contributed by atoms with Gasteiger partial charge in [0.2, 0.25) is 0 Å². The summed E-state index contributed by atoms with van der Waals surface area (Å²) in [5.74, 6) is 0.0733. The van der Waals surface area contributed by atoms with E-state index >= 15 is 0 Å². The summed E-state index contributed by atoms with van der Waals surface area (Å²) in [4.78, 5) is 11.6. The lowest BCUT2D eigenvalue weighted by molar-refractivity contribution is -0.139. The molecule has 18 heavy (non-hydrogen) atoms. The molecule has 0 heterocycles. The second kappa shape index (κ2) is 8.13. The van der Waals surface area contributed by atoms with Crippen molar-refractivity contribution < 1.29 is 15.0 Å². The van der Waals surface area contributed by atoms with E-state index in [0.29, 0.717) is 6.54 Å². The first-order valence-electron chi connectivity index (χ1n) is 5.94. The van der Waals surface area contributed by atoms with Gasteiger partial charge in [0.05, 0.1) is 12.5 Å². The lowest BCUT2D eigenvalue weighted by Gasteiger charge is -2.09. The van der Waals surface area contributed by atoms with Gasteiger partial charge in [-0.1, -0.05) is 19.1 Å². The third kappa shape index (κ3) is 6.05. The van der Waals surface area contributed by atoms with Crippen LogP contribution in [0, 0.1) is 0 Å². The van der Waals surface area contributed by atoms with Crippen LogP contribution in [0.2, 0.25) is 0 Å². The molecule has 0 fully saturated rings. The lowest BCUT2D eigenvalue weighted by atomic mass is 10.2. The first-order valence-corrected chi connectivity index (χ1v) is 6.92. The number of hydrogen-bond donors (Lipinski definition) is 3. The Balaban J connectivity index is 2.28. The topological polar surface area (TPSA) is 69.6 Å². The molecule has 1 rings (SSSR count). The van der Waals surface area contributed by atoms with Crippen LogP contribution in [0.1, 0.15) is 18.9 Å². The molecule has 3 N–H and O–H groups in total. The van der Waals surface area contributed by atoms with Gasteiger partial charge in [-0.25, -0.2) is 0 Å². The monoisotopic (exact) mass is 269 g/mol. The van der Waals surface area contributed by atoms with Gasteiger partial charge in [-0.15, -0.1) is 11.8 Å². The SMILES string of the molecule is CCSc1ccc(CNCC(O)CC(=O)O)cc1. The van der Waals surface area contributed by atoms with E-state index in [1.54, 1.807) is 11.8 Å². The van der Waals surface area contributed by atoms with Crippen LogP contribution in [-0.2, 0) is 11.3 Å². The van der Waals surface area contributed by atoms with Crippen LogP contribution in [0.5, 0.6) is 0 Å². The molecule has 4 nitrogen and oxygen atoms in total. The predicted octanol–water partition coefficient (Wildman–Crippen LogP) is 1.72. The number of carboxylic acids is 1. The van der Waals surface area contributed by atoms with E-state index < -0.39 is 12.1 Å². The molecule has 5 heteroatoms. The third-order valence-corrected chi connectivity index (χ3v) is 3.25. The molecule has 0 bridgehead atoms. The Hall–Kier alpha value is -1.04. The molecule has 0 aliphatic rings. The van der Waals surface area contributed by atoms with Crippen LogP contribution in [0.4, 0.5) is 0 Å². The van der Waals surface area contributed by atoms with Crippen molar-refractivity contribution in [3.8, 4) is 0 Å². The zero-order valence-corrected chi connectivity index (χ0v) is 11.2. The number of carbonyl (C=O) groups is 1. The molecule has 0 amide bonds. The van der Waals surface area contributed by atoms with E-state index in [0.717, 1.165) is 11.3 Å². The second-order valence-corrected chi connectivity index (χ2v) is 5.30. The van der Waals surface area contributed by atoms with Gasteiger partial charge >= 0.3 is 5.97 Å². The van der Waals surface area contributed by atoms with Gasteiger partial charge in [0.15, 0.2) is 0 Å². The maximum atomic E-state index is 10.4. The quantitative estimate of drug-likeness (QED) is 0.627. The number of aliphatic carboxylic acids is 1. The highest BCUT2D eigenvalue weighted by Gasteiger charge is 2.08. The second-order valence-electron chi connectivity index (χ2n) is 3.96. The summed E-state index contributed by atoms with van der Waals surface area (Å²) < 4.78 is 0. The number of benzene rings is 1. The lowest BCUT2D eigenvalue weighted by Crippen LogP contribution is -2.28. The van der Waals surface area contributed by atoms with E-state index in [2.05, 4.69) is 24.4 Å². The summed E-state index contributed by atoms with van der Waals surface area (Å²) in [6.07, 6.45) is -1.06. The molecule has 1 unspecified atom stereocenters. The minimum atomic E-state index is -0.981. The molecule has 0 radical (unpaired) electrons. The molecule has 0 saturated heterocycles. The van der Waals surface area contributed by atoms with Crippen molar-refractivity contribution in [2.45, 2.75) is 30.9 Å². The van der Waals surface area contributed by atoms with Crippen molar-refractivity contribution in [2.75, 3.05) is 12.3 Å². The highest BCUT2D eigenvalue weighted by atomic mass is 32.2. The summed E-state index contributed by atoms with van der Waals surface area (Å²) in [5, 5.41) is 20.9. The summed E-state index contributed by atoms with van der Waals surface area (Å²) >= 11 is 1.79. The first-order chi connectivity index (χ1) is 8.61. The van der Waals surface area contributed by atoms with E-state index in [1.165, 1.54) is 4.90 Å². The van der Waals surface area contributed by atoms with Crippen LogP contribution in [0.3, 0.4) is 0 Å². The van der Waals surface area contributed by atoms with Crippen molar-refractivity contribution in [3.63, 3.8) is 0 Å². The summed E-state index contributed by atoms with van der Waals surface area (Å²) in [6, 6.07) is 8.21. The Kier molecular flexibility index (Phi) is 6.78. The largest absolute Gasteiger partial charge is 0.481 e. The Morgan fingerprint density at radius 3 is 2.61 bits per heavy atom. The molecule has 0 spiro atoms. The van der Waals surface area contributed by atoms with E-state index in [4.69, 9.17) is 5.11 Å². The van der Waals surface area contributed by atoms with Crippen LogP contribution >= 0.6 is 11.8 Å². The van der Waals surface area contributed by atoms with Crippen LogP contribution in [-0.4, -0.2) is 34.6 Å². The van der Waals surface area contributed by atoms with Gasteiger partial charge in [0, 0.05) is 18.0 Å². The van der Waals surface area contributed by atoms with Gasteiger partial charge < -0.3 is 15.5 Å². The van der Waals surface area contributed by atoms with Crippen molar-refractivity contribution in [1.82, 2.24) is 5.32 Å². The van der Waals surface area contributed by atoms with Crippen LogP contribution < -0.4 is 5.32 Å². The number of carboxylic acid groups (broad SMARTS) is 1. The van der Waals surface area contributed by atoms with Crippen molar-refractivity contribution in [1.29, 1.82) is 0 Å². The average Bonchev–Trinajstić information content (AvgIpc) is 2.31. The molecule has 0 aromatic heterocycles. The third-order valence-electron chi connectivity index (χ3n) is 2.35. The summed E-state index contributed by atoms with van der Waals surface area (Å²) in [5.41, 5.74) is 1.12. The van der Waals surface area contributed by atoms with Gasteiger partial charge in [-0.05, 0) is 23.4 Å². The Bertz CT molecular complexity index is 367. The van der Waals surface area contributed by atoms with Gasteiger partial charge in [-0.3, -0.25) is 4.79 Å². The Morgan fingerprint density at radius 2 is 2.06 bits per heavy atom. The van der Waals surface area contributed by atoms with Crippen LogP contribution in [0.25, 0.3) is 0 Å². The number of aliphatic hydroxyl groups excluding tert-OH is 1. The number of aliphatic hydroxyl groups is 1. The number of hydrogen-bond acceptors (Lipinski definition) is 4. The zero-order valence-electron chi connectivity index (χ0n) is 10.4. The fourth-order valence-corrected chi connectivity index (χ4v) is 2.19. The maximum absolute atomic E-state index is 10.4. The number of nitrogens with one attached hydrogen (secondary N) is 1. The normalized spacial score (nSPS) is 12.3. The van der Waals surface area contributed by atoms with Crippen molar-refractivity contribution in [3.05, 3.63) is 29.8 Å². The molecule has 0 aliphatic carbocycles. The average molecular weight is 269 g/mol. The standard InChI is InChI=1S/C13H19NO3S/c1-2-18-12-5-3-10(4-6-12)8-14-9-11(15)7-13(16)17/h3-6,11,14-15H,2,7-9H2,1H3,(H,16,17). The van der Waals surface area contributed by atoms with E-state index in [9.17, 15) is 9.90 Å². The van der Waals surface area contributed by atoms with Crippen molar-refractivity contribution in [2.24, 2.45) is 0 Å². The molecular formula is C13H19NO3S. The molecule has 100 valence electrons. The van der Waals surface area contributed by atoms with Gasteiger partial charge in [0.1, 0.15) is 0 Å². The fraction of sp³-hybridized carbons (Fsp3) is 0.462. The molecule has 0 aliphatic heterocycles. The minimum absolute atomic E-state index is 0.223. The summed E-state index contributed by atoms with van der Waals surface area (Å²) in [7, 11) is 0. The Labute approximate surface area is 111 Å². The highest BCUT2D eigenvalue weighted by Crippen LogP contribution is 2.17. The zero-order chi connectivity index (χ0) is 13.4. The van der Waals surface area contributed by atoms with Crippen LogP contribution in [0.15, 0.2) is 29.2 Å². The van der Waals surface area contributed by atoms with Gasteiger partial charge in [-0.2, -0.15) is 0 Å². The maximum Gasteiger partial charge on any atom is 0.306 e. The van der Waals surface area contributed by atoms with E-state index in [-0.39, 0.29) is 13.0 Å². The Morgan fingerprint density at radius 1 is 1.39 bits per heavy atom. The van der Waals surface area contributed by atoms with Gasteiger partial charge in [0.25, 0.3) is 0 Å². The van der Waals surface area contributed by atoms with Crippen molar-refractivity contribution >= 4 is 17.7 Å². The molecule has 1 aromatic carbocycles. The summed E-state index contributed by atoms with van der Waals surface area (Å²) in [6.45, 7) is 3.04. The first kappa shape index (κ1) is 15.0. The van der Waals surface area contributed by atoms with E-state index in [1.807, 2.05) is 12.1 Å². The molecular weight excluding hydrogens is 250 g/mol. The highest BCUT2D eigenvalue weighted by molar-refractivity contribution is 7.99. The number of rotatable bonds is 8. The molecule has 1 aromatic rings. The smallest absolute Gasteiger partial charge is 0.306 e.